The van der Waals surface area contributed by atoms with E-state index < -0.39 is 10.0 Å². The molecule has 0 atom stereocenters. The van der Waals surface area contributed by atoms with Gasteiger partial charge in [-0.05, 0) is 48.4 Å². The maximum atomic E-state index is 12.6. The van der Waals surface area contributed by atoms with Crippen LogP contribution < -0.4 is 10.0 Å². The number of carbonyl (C=O) groups is 1. The second-order valence-corrected chi connectivity index (χ2v) is 8.15. The van der Waals surface area contributed by atoms with Crippen LogP contribution in [0.3, 0.4) is 0 Å². The molecule has 2 N–H and O–H groups in total. The molecule has 0 fully saturated rings. The number of hydrogen-bond donors (Lipinski definition) is 2. The molecule has 6 nitrogen and oxygen atoms in total. The molecule has 2 aromatic carbocycles. The predicted molar refractivity (Wildman–Crippen MR) is 107 cm³/mol. The summed E-state index contributed by atoms with van der Waals surface area (Å²) in [6.45, 7) is 2.47. The van der Waals surface area contributed by atoms with Crippen molar-refractivity contribution < 1.29 is 13.2 Å². The molecule has 144 valence electrons. The third-order valence-corrected chi connectivity index (χ3v) is 5.56. The maximum Gasteiger partial charge on any atom is 0.251 e. The van der Waals surface area contributed by atoms with Crippen LogP contribution in [0.15, 0.2) is 78.0 Å². The number of nitrogens with one attached hydrogen (secondary N) is 2. The minimum Gasteiger partial charge on any atom is -0.348 e. The lowest BCUT2D eigenvalue weighted by Gasteiger charge is -2.10. The Morgan fingerprint density at radius 3 is 2.43 bits per heavy atom. The standard InChI is InChI=1S/C21H21N3O3S/c1-16-4-2-5-18(12-16)15-24-28(26,27)20-7-3-6-19(13-20)21(25)23-14-17-8-10-22-11-9-17/h2-13,24H,14-15H2,1H3,(H,23,25). The van der Waals surface area contributed by atoms with Crippen molar-refractivity contribution in [1.29, 1.82) is 0 Å². The van der Waals surface area contributed by atoms with Crippen LogP contribution in [-0.2, 0) is 23.1 Å². The maximum absolute atomic E-state index is 12.6. The van der Waals surface area contributed by atoms with Crippen molar-refractivity contribution in [3.63, 3.8) is 0 Å². The predicted octanol–water partition coefficient (Wildman–Crippen LogP) is 2.80. The normalized spacial score (nSPS) is 11.2. The second kappa shape index (κ2) is 8.77. The van der Waals surface area contributed by atoms with Crippen molar-refractivity contribution in [2.75, 3.05) is 0 Å². The lowest BCUT2D eigenvalue weighted by molar-refractivity contribution is 0.0950. The fraction of sp³-hybridized carbons (Fsp3) is 0.143. The zero-order valence-corrected chi connectivity index (χ0v) is 16.2. The summed E-state index contributed by atoms with van der Waals surface area (Å²) in [6.07, 6.45) is 3.29. The number of pyridine rings is 1. The first-order valence-corrected chi connectivity index (χ1v) is 10.2. The van der Waals surface area contributed by atoms with E-state index in [0.29, 0.717) is 6.54 Å². The molecule has 0 radical (unpaired) electrons. The van der Waals surface area contributed by atoms with Crippen LogP contribution in [0.1, 0.15) is 27.0 Å². The van der Waals surface area contributed by atoms with Crippen LogP contribution in [0.25, 0.3) is 0 Å². The number of carbonyl (C=O) groups excluding carboxylic acids is 1. The lowest BCUT2D eigenvalue weighted by atomic mass is 10.1. The van der Waals surface area contributed by atoms with Crippen LogP contribution >= 0.6 is 0 Å². The number of aromatic nitrogens is 1. The fourth-order valence-electron chi connectivity index (χ4n) is 2.67. The van der Waals surface area contributed by atoms with Gasteiger partial charge in [0, 0.05) is 31.0 Å². The molecule has 0 aliphatic rings. The molecule has 0 spiro atoms. The number of benzene rings is 2. The molecule has 1 amide bonds. The van der Waals surface area contributed by atoms with Gasteiger partial charge in [-0.1, -0.05) is 35.9 Å². The van der Waals surface area contributed by atoms with Gasteiger partial charge in [-0.2, -0.15) is 0 Å². The van der Waals surface area contributed by atoms with E-state index in [-0.39, 0.29) is 22.9 Å². The van der Waals surface area contributed by atoms with E-state index in [1.54, 1.807) is 36.7 Å². The molecular weight excluding hydrogens is 374 g/mol. The van der Waals surface area contributed by atoms with E-state index in [4.69, 9.17) is 0 Å². The smallest absolute Gasteiger partial charge is 0.251 e. The number of rotatable bonds is 7. The zero-order chi connectivity index (χ0) is 20.0. The second-order valence-electron chi connectivity index (χ2n) is 6.38. The highest BCUT2D eigenvalue weighted by molar-refractivity contribution is 7.89. The van der Waals surface area contributed by atoms with Gasteiger partial charge in [0.25, 0.3) is 5.91 Å². The SMILES string of the molecule is Cc1cccc(CNS(=O)(=O)c2cccc(C(=O)NCc3ccncc3)c2)c1. The molecule has 0 bridgehead atoms. The van der Waals surface area contributed by atoms with Crippen LogP contribution in [0, 0.1) is 6.92 Å². The minimum absolute atomic E-state index is 0.0525. The fourth-order valence-corrected chi connectivity index (χ4v) is 3.74. The molecule has 1 aromatic heterocycles. The third-order valence-electron chi connectivity index (χ3n) is 4.16. The van der Waals surface area contributed by atoms with Crippen LogP contribution in [0.2, 0.25) is 0 Å². The van der Waals surface area contributed by atoms with Gasteiger partial charge < -0.3 is 5.32 Å². The van der Waals surface area contributed by atoms with Crippen LogP contribution in [0.5, 0.6) is 0 Å². The summed E-state index contributed by atoms with van der Waals surface area (Å²) in [4.78, 5) is 16.4. The van der Waals surface area contributed by atoms with Crippen molar-refractivity contribution in [3.05, 3.63) is 95.3 Å². The number of aryl methyl sites for hydroxylation is 1. The molecule has 1 heterocycles. The molecule has 3 aromatic rings. The zero-order valence-electron chi connectivity index (χ0n) is 15.4. The average Bonchev–Trinajstić information content (AvgIpc) is 2.71. The molecule has 7 heteroatoms. The number of sulfonamides is 1. The Balaban J connectivity index is 1.68. The van der Waals surface area contributed by atoms with Crippen molar-refractivity contribution in [2.45, 2.75) is 24.9 Å². The Kier molecular flexibility index (Phi) is 6.18. The van der Waals surface area contributed by atoms with Crippen molar-refractivity contribution >= 4 is 15.9 Å². The van der Waals surface area contributed by atoms with Crippen molar-refractivity contribution in [1.82, 2.24) is 15.0 Å². The number of hydrogen-bond acceptors (Lipinski definition) is 4. The van der Waals surface area contributed by atoms with E-state index in [1.807, 2.05) is 31.2 Å². The summed E-state index contributed by atoms with van der Waals surface area (Å²) >= 11 is 0. The summed E-state index contributed by atoms with van der Waals surface area (Å²) in [5.41, 5.74) is 3.12. The van der Waals surface area contributed by atoms with E-state index in [9.17, 15) is 13.2 Å². The van der Waals surface area contributed by atoms with E-state index in [0.717, 1.165) is 16.7 Å². The average molecular weight is 395 g/mol. The molecular formula is C21H21N3O3S. The van der Waals surface area contributed by atoms with Gasteiger partial charge in [0.05, 0.1) is 4.90 Å². The largest absolute Gasteiger partial charge is 0.348 e. The summed E-state index contributed by atoms with van der Waals surface area (Å²) in [6, 6.07) is 17.2. The summed E-state index contributed by atoms with van der Waals surface area (Å²) in [5.74, 6) is -0.340. The van der Waals surface area contributed by atoms with Crippen molar-refractivity contribution in [3.8, 4) is 0 Å². The van der Waals surface area contributed by atoms with E-state index in [1.165, 1.54) is 12.1 Å². The van der Waals surface area contributed by atoms with Crippen LogP contribution in [-0.4, -0.2) is 19.3 Å². The Labute approximate surface area is 164 Å². The molecule has 0 saturated carbocycles. The number of nitrogens with zero attached hydrogens (tertiary/aromatic N) is 1. The van der Waals surface area contributed by atoms with Crippen LogP contribution in [0.4, 0.5) is 0 Å². The van der Waals surface area contributed by atoms with Gasteiger partial charge >= 0.3 is 0 Å². The molecule has 0 saturated heterocycles. The first-order chi connectivity index (χ1) is 13.4. The topological polar surface area (TPSA) is 88.2 Å². The van der Waals surface area contributed by atoms with Crippen molar-refractivity contribution in [2.24, 2.45) is 0 Å². The Bertz CT molecular complexity index is 1070. The van der Waals surface area contributed by atoms with E-state index >= 15 is 0 Å². The Hall–Kier alpha value is -3.03. The lowest BCUT2D eigenvalue weighted by Crippen LogP contribution is -2.25. The summed E-state index contributed by atoms with van der Waals surface area (Å²) < 4.78 is 27.8. The highest BCUT2D eigenvalue weighted by atomic mass is 32.2. The highest BCUT2D eigenvalue weighted by Crippen LogP contribution is 2.13. The Morgan fingerprint density at radius 1 is 0.929 bits per heavy atom. The molecule has 0 aliphatic heterocycles. The van der Waals surface area contributed by atoms with Gasteiger partial charge in [0.2, 0.25) is 10.0 Å². The quantitative estimate of drug-likeness (QED) is 0.644. The first kappa shape index (κ1) is 19.7. The van der Waals surface area contributed by atoms with Gasteiger partial charge in [-0.3, -0.25) is 9.78 Å². The van der Waals surface area contributed by atoms with Gasteiger partial charge in [-0.15, -0.1) is 0 Å². The van der Waals surface area contributed by atoms with E-state index in [2.05, 4.69) is 15.0 Å². The molecule has 28 heavy (non-hydrogen) atoms. The molecule has 0 unspecified atom stereocenters. The minimum atomic E-state index is -3.73. The van der Waals surface area contributed by atoms with Gasteiger partial charge in [0.15, 0.2) is 0 Å². The molecule has 3 rings (SSSR count). The molecule has 0 aliphatic carbocycles. The summed E-state index contributed by atoms with van der Waals surface area (Å²) in [7, 11) is -3.73. The number of amides is 1. The highest BCUT2D eigenvalue weighted by Gasteiger charge is 2.16. The third kappa shape index (κ3) is 5.25. The summed E-state index contributed by atoms with van der Waals surface area (Å²) in [5, 5.41) is 2.78. The Morgan fingerprint density at radius 2 is 1.68 bits per heavy atom. The van der Waals surface area contributed by atoms with Gasteiger partial charge in [0.1, 0.15) is 0 Å². The van der Waals surface area contributed by atoms with Gasteiger partial charge in [-0.25, -0.2) is 13.1 Å². The first-order valence-electron chi connectivity index (χ1n) is 8.76. The monoisotopic (exact) mass is 395 g/mol.